The van der Waals surface area contributed by atoms with Gasteiger partial charge in [0.2, 0.25) is 5.91 Å². The Labute approximate surface area is 245 Å². The number of benzene rings is 2. The van der Waals surface area contributed by atoms with E-state index in [1.54, 1.807) is 49.2 Å². The van der Waals surface area contributed by atoms with Gasteiger partial charge < -0.3 is 29.5 Å². The maximum Gasteiger partial charge on any atom is 0.321 e. The number of aryl methyl sites for hydroxylation is 2. The number of nitrogens with one attached hydrogen (secondary N) is 2. The molecule has 3 aromatic rings. The third kappa shape index (κ3) is 7.02. The number of urea groups is 1. The molecule has 3 amide bonds. The number of ether oxygens (including phenoxy) is 1. The zero-order valence-electron chi connectivity index (χ0n) is 24.3. The summed E-state index contributed by atoms with van der Waals surface area (Å²) >= 11 is 0. The molecule has 4 rings (SSSR count). The summed E-state index contributed by atoms with van der Waals surface area (Å²) in [5, 5.41) is 16.5. The smallest absolute Gasteiger partial charge is 0.321 e. The number of aromatic nitrogens is 1. The number of sulfonamides is 1. The molecule has 0 saturated heterocycles. The first kappa shape index (κ1) is 30.8. The number of hydrogen-bond donors (Lipinski definition) is 3. The Balaban J connectivity index is 1.63. The first-order valence-electron chi connectivity index (χ1n) is 13.6. The van der Waals surface area contributed by atoms with E-state index in [4.69, 9.17) is 9.26 Å². The number of likely N-dealkylation sites (N-methyl/N-ethyl adjacent to an activating group) is 1. The number of nitrogens with zero attached hydrogens (tertiary/aromatic N) is 3. The van der Waals surface area contributed by atoms with Crippen LogP contribution in [0.2, 0.25) is 0 Å². The molecule has 1 aliphatic heterocycles. The summed E-state index contributed by atoms with van der Waals surface area (Å²) in [6.45, 7) is 7.00. The lowest BCUT2D eigenvalue weighted by Crippen LogP contribution is -2.48. The first-order chi connectivity index (χ1) is 19.9. The largest absolute Gasteiger partial charge is 0.488 e. The summed E-state index contributed by atoms with van der Waals surface area (Å²) < 4.78 is 40.2. The van der Waals surface area contributed by atoms with E-state index in [9.17, 15) is 23.1 Å². The summed E-state index contributed by atoms with van der Waals surface area (Å²) in [5.74, 6) is 0.0939. The maximum atomic E-state index is 13.5. The average Bonchev–Trinajstić information content (AvgIpc) is 3.31. The van der Waals surface area contributed by atoms with Crippen LogP contribution in [0.3, 0.4) is 0 Å². The molecule has 1 aromatic heterocycles. The van der Waals surface area contributed by atoms with Crippen molar-refractivity contribution in [2.75, 3.05) is 36.8 Å². The molecule has 0 radical (unpaired) electrons. The number of amides is 3. The van der Waals surface area contributed by atoms with E-state index in [2.05, 4.69) is 15.2 Å². The summed E-state index contributed by atoms with van der Waals surface area (Å²) in [5.41, 5.74) is 1.58. The van der Waals surface area contributed by atoms with Gasteiger partial charge in [-0.2, -0.15) is 0 Å². The third-order valence-corrected chi connectivity index (χ3v) is 8.86. The fourth-order valence-electron chi connectivity index (χ4n) is 4.87. The fraction of sp³-hybridized carbons (Fsp3) is 0.414. The van der Waals surface area contributed by atoms with Gasteiger partial charge in [0.05, 0.1) is 25.6 Å². The predicted octanol–water partition coefficient (Wildman–Crippen LogP) is 3.41. The predicted molar refractivity (Wildman–Crippen MR) is 157 cm³/mol. The van der Waals surface area contributed by atoms with Gasteiger partial charge in [0.25, 0.3) is 10.0 Å². The highest BCUT2D eigenvalue weighted by molar-refractivity contribution is 7.92. The molecule has 3 N–H and O–H groups in total. The summed E-state index contributed by atoms with van der Waals surface area (Å²) in [6, 6.07) is 13.0. The van der Waals surface area contributed by atoms with Crippen molar-refractivity contribution in [3.63, 3.8) is 0 Å². The molecule has 2 heterocycles. The molecule has 2 aromatic carbocycles. The molecule has 226 valence electrons. The lowest BCUT2D eigenvalue weighted by molar-refractivity contribution is -0.134. The number of aliphatic hydroxyl groups excluding tert-OH is 1. The zero-order chi connectivity index (χ0) is 30.6. The van der Waals surface area contributed by atoms with Crippen LogP contribution < -0.4 is 14.8 Å². The molecule has 3 atom stereocenters. The molecule has 0 aliphatic carbocycles. The molecular weight excluding hydrogens is 562 g/mol. The van der Waals surface area contributed by atoms with Crippen LogP contribution in [-0.2, 0) is 21.2 Å². The van der Waals surface area contributed by atoms with E-state index in [-0.39, 0.29) is 59.5 Å². The van der Waals surface area contributed by atoms with Crippen molar-refractivity contribution < 1.29 is 32.4 Å². The Hall–Kier alpha value is -4.10. The second-order valence-corrected chi connectivity index (χ2v) is 12.3. The molecule has 42 heavy (non-hydrogen) atoms. The van der Waals surface area contributed by atoms with Crippen LogP contribution >= 0.6 is 0 Å². The highest BCUT2D eigenvalue weighted by Crippen LogP contribution is 2.31. The highest BCUT2D eigenvalue weighted by atomic mass is 32.2. The lowest BCUT2D eigenvalue weighted by atomic mass is 10.0. The van der Waals surface area contributed by atoms with E-state index < -0.39 is 22.2 Å². The second kappa shape index (κ2) is 12.8. The van der Waals surface area contributed by atoms with Gasteiger partial charge in [0.15, 0.2) is 10.7 Å². The van der Waals surface area contributed by atoms with E-state index in [0.717, 1.165) is 0 Å². The van der Waals surface area contributed by atoms with E-state index in [1.807, 2.05) is 25.1 Å². The maximum absolute atomic E-state index is 13.5. The minimum atomic E-state index is -4.02. The van der Waals surface area contributed by atoms with Gasteiger partial charge in [-0.05, 0) is 51.1 Å². The van der Waals surface area contributed by atoms with Gasteiger partial charge in [-0.3, -0.25) is 9.52 Å². The standard InChI is InChI=1S/C29H37N5O7S/c1-18-15-34(19(2)17-35)27(36)14-22-13-24(32-42(38,39)28-20(3)31-41-21(28)4)11-12-25(22)40-26(18)16-33(5)29(37)30-23-9-7-6-8-10-23/h6-13,18-19,26,32,35H,14-17H2,1-5H3,(H,30,37)/t18-,19+,26-/m1/s1. The molecule has 0 unspecified atom stereocenters. The van der Waals surface area contributed by atoms with Crippen molar-refractivity contribution in [3.05, 3.63) is 65.5 Å². The Morgan fingerprint density at radius 1 is 1.19 bits per heavy atom. The van der Waals surface area contributed by atoms with Gasteiger partial charge in [-0.15, -0.1) is 0 Å². The number of carbonyl (C=O) groups is 2. The Bertz CT molecular complexity index is 1510. The van der Waals surface area contributed by atoms with Gasteiger partial charge >= 0.3 is 6.03 Å². The first-order valence-corrected chi connectivity index (χ1v) is 15.1. The van der Waals surface area contributed by atoms with Crippen LogP contribution in [0.25, 0.3) is 0 Å². The Kier molecular flexibility index (Phi) is 9.42. The number of carbonyl (C=O) groups excluding carboxylic acids is 2. The van der Waals surface area contributed by atoms with Crippen molar-refractivity contribution >= 4 is 33.3 Å². The monoisotopic (exact) mass is 599 g/mol. The number of rotatable bonds is 8. The minimum Gasteiger partial charge on any atom is -0.488 e. The van der Waals surface area contributed by atoms with Gasteiger partial charge in [-0.1, -0.05) is 30.3 Å². The van der Waals surface area contributed by atoms with Gasteiger partial charge in [-0.25, -0.2) is 13.2 Å². The van der Waals surface area contributed by atoms with Crippen LogP contribution in [0, 0.1) is 19.8 Å². The molecule has 0 bridgehead atoms. The number of fused-ring (bicyclic) bond motifs is 1. The van der Waals surface area contributed by atoms with Crippen LogP contribution in [-0.4, -0.2) is 79.3 Å². The fourth-order valence-corrected chi connectivity index (χ4v) is 6.25. The third-order valence-electron chi connectivity index (χ3n) is 7.23. The Morgan fingerprint density at radius 2 is 1.90 bits per heavy atom. The van der Waals surface area contributed by atoms with Crippen molar-refractivity contribution in [1.29, 1.82) is 0 Å². The molecule has 1 aliphatic rings. The molecule has 0 saturated carbocycles. The van der Waals surface area contributed by atoms with Crippen LogP contribution in [0.5, 0.6) is 5.75 Å². The lowest BCUT2D eigenvalue weighted by Gasteiger charge is -2.34. The van der Waals surface area contributed by atoms with Crippen molar-refractivity contribution in [2.45, 2.75) is 51.2 Å². The molecule has 0 fully saturated rings. The van der Waals surface area contributed by atoms with E-state index in [0.29, 0.717) is 23.5 Å². The van der Waals surface area contributed by atoms with Gasteiger partial charge in [0.1, 0.15) is 17.5 Å². The second-order valence-electron chi connectivity index (χ2n) is 10.6. The van der Waals surface area contributed by atoms with E-state index >= 15 is 0 Å². The number of anilines is 2. The number of hydrogen-bond acceptors (Lipinski definition) is 8. The van der Waals surface area contributed by atoms with Crippen molar-refractivity contribution in [2.24, 2.45) is 5.92 Å². The van der Waals surface area contributed by atoms with E-state index in [1.165, 1.54) is 18.7 Å². The molecule has 12 nitrogen and oxygen atoms in total. The summed E-state index contributed by atoms with van der Waals surface area (Å²) in [4.78, 5) is 29.5. The Morgan fingerprint density at radius 3 is 2.55 bits per heavy atom. The van der Waals surface area contributed by atoms with Crippen LogP contribution in [0.1, 0.15) is 30.9 Å². The van der Waals surface area contributed by atoms with Gasteiger partial charge in [0, 0.05) is 36.4 Å². The summed E-state index contributed by atoms with van der Waals surface area (Å²) in [6.07, 6.45) is -0.607. The normalized spacial score (nSPS) is 18.1. The molecular formula is C29H37N5O7S. The minimum absolute atomic E-state index is 0.0491. The van der Waals surface area contributed by atoms with Crippen LogP contribution in [0.15, 0.2) is 57.9 Å². The topological polar surface area (TPSA) is 154 Å². The summed E-state index contributed by atoms with van der Waals surface area (Å²) in [7, 11) is -2.36. The zero-order valence-corrected chi connectivity index (χ0v) is 25.1. The van der Waals surface area contributed by atoms with Crippen molar-refractivity contribution in [3.8, 4) is 5.75 Å². The highest BCUT2D eigenvalue weighted by Gasteiger charge is 2.32. The SMILES string of the molecule is Cc1noc(C)c1S(=O)(=O)Nc1ccc2c(c1)CC(=O)N([C@@H](C)CO)C[C@@H](C)[C@@H](CN(C)C(=O)Nc1ccccc1)O2. The quantitative estimate of drug-likeness (QED) is 0.356. The van der Waals surface area contributed by atoms with Crippen molar-refractivity contribution in [1.82, 2.24) is 15.0 Å². The molecule has 13 heteroatoms. The number of aliphatic hydroxyl groups is 1. The number of para-hydroxylation sites is 1. The average molecular weight is 600 g/mol. The molecule has 0 spiro atoms. The van der Waals surface area contributed by atoms with Crippen LogP contribution in [0.4, 0.5) is 16.2 Å².